The first-order chi connectivity index (χ1) is 13.9. The topological polar surface area (TPSA) is 70.1 Å². The van der Waals surface area contributed by atoms with Gasteiger partial charge in [-0.3, -0.25) is 9.59 Å². The first-order valence-electron chi connectivity index (χ1n) is 10.6. The SMILES string of the molecule is Cc1ccc(CN2C[C@]34C=C[C@H](O3)[C@@H](C(=O)N3CCC(O)CC3)[C@H]4C2=O)cc1C. The summed E-state index contributed by atoms with van der Waals surface area (Å²) in [5, 5.41) is 9.75. The van der Waals surface area contributed by atoms with Crippen molar-refractivity contribution in [2.45, 2.75) is 51.0 Å². The smallest absolute Gasteiger partial charge is 0.230 e. The second-order valence-electron chi connectivity index (χ2n) is 9.07. The van der Waals surface area contributed by atoms with Gasteiger partial charge in [0.2, 0.25) is 11.8 Å². The van der Waals surface area contributed by atoms with E-state index in [1.54, 1.807) is 0 Å². The van der Waals surface area contributed by atoms with Crippen LogP contribution < -0.4 is 0 Å². The molecule has 0 saturated carbocycles. The van der Waals surface area contributed by atoms with Crippen LogP contribution in [0, 0.1) is 25.7 Å². The number of benzene rings is 1. The summed E-state index contributed by atoms with van der Waals surface area (Å²) in [6.07, 6.45) is 4.52. The molecule has 1 aromatic rings. The molecule has 4 atom stereocenters. The Bertz CT molecular complexity index is 889. The number of aliphatic hydroxyl groups is 1. The van der Waals surface area contributed by atoms with Crippen molar-refractivity contribution in [3.8, 4) is 0 Å². The summed E-state index contributed by atoms with van der Waals surface area (Å²) in [5.74, 6) is -0.874. The lowest BCUT2D eigenvalue weighted by atomic mass is 9.76. The number of aryl methyl sites for hydroxylation is 2. The molecule has 2 amide bonds. The van der Waals surface area contributed by atoms with E-state index < -0.39 is 17.4 Å². The zero-order valence-corrected chi connectivity index (χ0v) is 17.0. The number of hydrogen-bond acceptors (Lipinski definition) is 4. The van der Waals surface area contributed by atoms with Crippen molar-refractivity contribution in [1.29, 1.82) is 0 Å². The lowest BCUT2D eigenvalue weighted by Gasteiger charge is -2.34. The highest BCUT2D eigenvalue weighted by atomic mass is 16.5. The lowest BCUT2D eigenvalue weighted by molar-refractivity contribution is -0.144. The van der Waals surface area contributed by atoms with Crippen LogP contribution in [-0.2, 0) is 20.9 Å². The molecule has 6 heteroatoms. The van der Waals surface area contributed by atoms with Crippen LogP contribution in [0.15, 0.2) is 30.4 Å². The largest absolute Gasteiger partial charge is 0.393 e. The molecule has 1 spiro atoms. The predicted molar refractivity (Wildman–Crippen MR) is 107 cm³/mol. The van der Waals surface area contributed by atoms with Crippen molar-refractivity contribution in [1.82, 2.24) is 9.80 Å². The van der Waals surface area contributed by atoms with Gasteiger partial charge in [0, 0.05) is 19.6 Å². The van der Waals surface area contributed by atoms with E-state index in [1.807, 2.05) is 22.0 Å². The standard InChI is InChI=1S/C23H28N2O4/c1-14-3-4-16(11-15(14)2)12-25-13-23-8-5-18(29-23)19(20(23)22(25)28)21(27)24-9-6-17(26)7-10-24/h3-5,8,11,17-20,26H,6-7,9-10,12-13H2,1-2H3/t18-,19+,20-,23-/m0/s1. The summed E-state index contributed by atoms with van der Waals surface area (Å²) in [4.78, 5) is 30.3. The van der Waals surface area contributed by atoms with Crippen LogP contribution in [0.4, 0.5) is 0 Å². The number of carbonyl (C=O) groups excluding carboxylic acids is 2. The van der Waals surface area contributed by atoms with E-state index >= 15 is 0 Å². The van der Waals surface area contributed by atoms with Crippen molar-refractivity contribution in [3.63, 3.8) is 0 Å². The van der Waals surface area contributed by atoms with Gasteiger partial charge in [0.15, 0.2) is 0 Å². The normalized spacial score (nSPS) is 33.6. The summed E-state index contributed by atoms with van der Waals surface area (Å²) in [6.45, 7) is 6.29. The summed E-state index contributed by atoms with van der Waals surface area (Å²) in [5.41, 5.74) is 2.88. The number of carbonyl (C=O) groups is 2. The van der Waals surface area contributed by atoms with Crippen molar-refractivity contribution in [2.75, 3.05) is 19.6 Å². The Morgan fingerprint density at radius 1 is 1.24 bits per heavy atom. The lowest BCUT2D eigenvalue weighted by Crippen LogP contribution is -2.49. The van der Waals surface area contributed by atoms with Gasteiger partial charge in [0.25, 0.3) is 0 Å². The highest BCUT2D eigenvalue weighted by molar-refractivity contribution is 5.93. The Morgan fingerprint density at radius 2 is 2.00 bits per heavy atom. The molecule has 29 heavy (non-hydrogen) atoms. The van der Waals surface area contributed by atoms with Crippen LogP contribution >= 0.6 is 0 Å². The molecule has 154 valence electrons. The second-order valence-corrected chi connectivity index (χ2v) is 9.07. The molecule has 3 fully saturated rings. The molecule has 0 aromatic heterocycles. The second kappa shape index (κ2) is 6.67. The molecule has 1 N–H and O–H groups in total. The molecular weight excluding hydrogens is 368 g/mol. The van der Waals surface area contributed by atoms with Gasteiger partial charge < -0.3 is 19.6 Å². The van der Waals surface area contributed by atoms with Gasteiger partial charge in [0.05, 0.1) is 30.6 Å². The monoisotopic (exact) mass is 396 g/mol. The van der Waals surface area contributed by atoms with E-state index in [9.17, 15) is 14.7 Å². The third-order valence-electron chi connectivity index (χ3n) is 7.18. The Morgan fingerprint density at radius 3 is 2.72 bits per heavy atom. The fourth-order valence-electron chi connectivity index (χ4n) is 5.41. The molecule has 4 aliphatic rings. The van der Waals surface area contributed by atoms with Gasteiger partial charge in [-0.2, -0.15) is 0 Å². The first-order valence-corrected chi connectivity index (χ1v) is 10.6. The number of ether oxygens (including phenoxy) is 1. The van der Waals surface area contributed by atoms with Crippen LogP contribution in [0.3, 0.4) is 0 Å². The van der Waals surface area contributed by atoms with Gasteiger partial charge in [-0.15, -0.1) is 0 Å². The van der Waals surface area contributed by atoms with E-state index in [1.165, 1.54) is 11.1 Å². The van der Waals surface area contributed by atoms with E-state index in [2.05, 4.69) is 32.0 Å². The Hall–Kier alpha value is -2.18. The molecule has 6 nitrogen and oxygen atoms in total. The summed E-state index contributed by atoms with van der Waals surface area (Å²) in [7, 11) is 0. The number of piperidine rings is 1. The highest BCUT2D eigenvalue weighted by Gasteiger charge is 2.67. The molecule has 1 aromatic carbocycles. The van der Waals surface area contributed by atoms with E-state index in [4.69, 9.17) is 4.74 Å². The van der Waals surface area contributed by atoms with Crippen LogP contribution in [0.1, 0.15) is 29.5 Å². The van der Waals surface area contributed by atoms with Crippen LogP contribution in [0.5, 0.6) is 0 Å². The minimum atomic E-state index is -0.670. The summed E-state index contributed by atoms with van der Waals surface area (Å²) >= 11 is 0. The van der Waals surface area contributed by atoms with Gasteiger partial charge in [-0.05, 0) is 43.4 Å². The minimum absolute atomic E-state index is 0.000458. The molecule has 4 heterocycles. The summed E-state index contributed by atoms with van der Waals surface area (Å²) in [6, 6.07) is 6.28. The molecule has 4 aliphatic heterocycles. The number of rotatable bonds is 3. The van der Waals surface area contributed by atoms with Gasteiger partial charge in [-0.25, -0.2) is 0 Å². The van der Waals surface area contributed by atoms with Gasteiger partial charge in [-0.1, -0.05) is 30.4 Å². The Kier molecular flexibility index (Phi) is 4.33. The number of hydrogen-bond donors (Lipinski definition) is 1. The van der Waals surface area contributed by atoms with Crippen LogP contribution in [0.2, 0.25) is 0 Å². The Balaban J connectivity index is 1.37. The zero-order chi connectivity index (χ0) is 20.3. The van der Waals surface area contributed by atoms with E-state index in [0.29, 0.717) is 39.0 Å². The van der Waals surface area contributed by atoms with Crippen molar-refractivity contribution < 1.29 is 19.4 Å². The Labute approximate surface area is 171 Å². The van der Waals surface area contributed by atoms with E-state index in [-0.39, 0.29) is 24.0 Å². The maximum atomic E-state index is 13.4. The van der Waals surface area contributed by atoms with Crippen LogP contribution in [-0.4, -0.2) is 64.2 Å². The fourth-order valence-corrected chi connectivity index (χ4v) is 5.41. The summed E-state index contributed by atoms with van der Waals surface area (Å²) < 4.78 is 6.24. The zero-order valence-electron chi connectivity index (χ0n) is 17.0. The molecule has 5 rings (SSSR count). The molecule has 0 radical (unpaired) electrons. The molecule has 2 bridgehead atoms. The fraction of sp³-hybridized carbons (Fsp3) is 0.565. The van der Waals surface area contributed by atoms with Crippen molar-refractivity contribution in [3.05, 3.63) is 47.0 Å². The predicted octanol–water partition coefficient (Wildman–Crippen LogP) is 1.57. The third kappa shape index (κ3) is 2.92. The van der Waals surface area contributed by atoms with E-state index in [0.717, 1.165) is 5.56 Å². The average Bonchev–Trinajstić information content (AvgIpc) is 3.33. The first kappa shape index (κ1) is 18.8. The number of aliphatic hydroxyl groups excluding tert-OH is 1. The number of fused-ring (bicyclic) bond motifs is 1. The number of amides is 2. The maximum absolute atomic E-state index is 13.4. The van der Waals surface area contributed by atoms with Crippen LogP contribution in [0.25, 0.3) is 0 Å². The molecule has 0 unspecified atom stereocenters. The molecule has 3 saturated heterocycles. The third-order valence-corrected chi connectivity index (χ3v) is 7.18. The molecule has 0 aliphatic carbocycles. The highest BCUT2D eigenvalue weighted by Crippen LogP contribution is 2.52. The average molecular weight is 396 g/mol. The number of likely N-dealkylation sites (tertiary alicyclic amines) is 2. The maximum Gasteiger partial charge on any atom is 0.230 e. The van der Waals surface area contributed by atoms with Crippen molar-refractivity contribution >= 4 is 11.8 Å². The van der Waals surface area contributed by atoms with Gasteiger partial charge >= 0.3 is 0 Å². The van der Waals surface area contributed by atoms with Crippen molar-refractivity contribution in [2.24, 2.45) is 11.8 Å². The molecular formula is C23H28N2O4. The number of nitrogens with zero attached hydrogens (tertiary/aromatic N) is 2. The minimum Gasteiger partial charge on any atom is -0.393 e. The quantitative estimate of drug-likeness (QED) is 0.788. The van der Waals surface area contributed by atoms with Gasteiger partial charge in [0.1, 0.15) is 5.60 Å².